The summed E-state index contributed by atoms with van der Waals surface area (Å²) in [5, 5.41) is 35.6. The van der Waals surface area contributed by atoms with Gasteiger partial charge >= 0.3 is 23.9 Å². The minimum absolute atomic E-state index is 0.0252. The maximum absolute atomic E-state index is 13.9. The minimum atomic E-state index is -1.53. The second kappa shape index (κ2) is 28.0. The van der Waals surface area contributed by atoms with Crippen LogP contribution in [0.15, 0.2) is 42.5 Å². The van der Waals surface area contributed by atoms with E-state index in [9.17, 15) is 39.3 Å². The highest BCUT2D eigenvalue weighted by atomic mass is 16.7. The maximum Gasteiger partial charge on any atom is 0.309 e. The van der Waals surface area contributed by atoms with E-state index in [1.807, 2.05) is 49.2 Å². The first-order chi connectivity index (χ1) is 33.5. The van der Waals surface area contributed by atoms with Crippen LogP contribution in [0.4, 0.5) is 0 Å². The van der Waals surface area contributed by atoms with Gasteiger partial charge in [-0.25, -0.2) is 0 Å². The van der Waals surface area contributed by atoms with Crippen LogP contribution >= 0.6 is 0 Å². The summed E-state index contributed by atoms with van der Waals surface area (Å²) in [7, 11) is 6.69. The molecule has 19 heteroatoms. The van der Waals surface area contributed by atoms with Crippen molar-refractivity contribution in [1.82, 2.24) is 9.80 Å². The van der Waals surface area contributed by atoms with E-state index in [0.717, 1.165) is 5.56 Å². The van der Waals surface area contributed by atoms with E-state index in [-0.39, 0.29) is 38.5 Å². The second-order valence-electron chi connectivity index (χ2n) is 19.9. The third-order valence-electron chi connectivity index (χ3n) is 13.7. The highest BCUT2D eigenvalue weighted by Gasteiger charge is 2.53. The molecular weight excluding hydrogens is 925 g/mol. The number of hydrogen-bond acceptors (Lipinski definition) is 19. The first kappa shape index (κ1) is 59.7. The number of carbonyl (C=O) groups excluding carboxylic acids is 5. The number of ether oxygens (including phenoxy) is 9. The third kappa shape index (κ3) is 17.1. The quantitative estimate of drug-likeness (QED) is 0.0874. The summed E-state index contributed by atoms with van der Waals surface area (Å²) in [6.07, 6.45) is -9.54. The van der Waals surface area contributed by atoms with Crippen molar-refractivity contribution in [1.29, 1.82) is 0 Å². The van der Waals surface area contributed by atoms with Gasteiger partial charge in [0.15, 0.2) is 18.7 Å². The van der Waals surface area contributed by atoms with Crippen molar-refractivity contribution in [2.45, 2.75) is 204 Å². The second-order valence-corrected chi connectivity index (χ2v) is 19.9. The number of rotatable bonds is 17. The number of aliphatic hydroxyl groups is 3. The van der Waals surface area contributed by atoms with Crippen LogP contribution in [0.2, 0.25) is 0 Å². The number of hydrogen-bond donors (Lipinski definition) is 3. The molecule has 3 N–H and O–H groups in total. The number of cyclic esters (lactones) is 1. The number of benzene rings is 1. The van der Waals surface area contributed by atoms with Gasteiger partial charge in [-0.15, -0.1) is 0 Å². The SMILES string of the molecule is CCC(=O)O[C@@H]1CC(=O)O[C@H](C)C[C@H](O)[C@H](N(C)CCc2ccccc2)/C=C/[C@H](OC(C)=O)[C@H](C)C[C@H](CC=O)[C@H](O[C@@H]2O[C@H](C)[C@@H](O[C@H]3C[C@@](C)(O)[C@@H](OC(=O)CC)[C@H](C)O3)[C@H](N(C)C)[C@H]2O)[C@H]1OC. The zero-order valence-corrected chi connectivity index (χ0v) is 43.7. The molecule has 0 spiro atoms. The topological polar surface area (TPSA) is 236 Å². The fraction of sp³-hybridized carbons (Fsp3) is 0.750. The summed E-state index contributed by atoms with van der Waals surface area (Å²) in [6, 6.07) is 8.43. The first-order valence-electron chi connectivity index (χ1n) is 25.0. The van der Waals surface area contributed by atoms with Gasteiger partial charge < -0.3 is 67.6 Å². The minimum Gasteiger partial charge on any atom is -0.462 e. The molecule has 402 valence electrons. The van der Waals surface area contributed by atoms with Gasteiger partial charge in [-0.2, -0.15) is 0 Å². The van der Waals surface area contributed by atoms with Crippen LogP contribution < -0.4 is 0 Å². The van der Waals surface area contributed by atoms with Crippen molar-refractivity contribution in [3.05, 3.63) is 48.0 Å². The number of esters is 4. The molecule has 0 aromatic heterocycles. The fourth-order valence-electron chi connectivity index (χ4n) is 10.0. The van der Waals surface area contributed by atoms with Gasteiger partial charge in [-0.3, -0.25) is 24.1 Å². The summed E-state index contributed by atoms with van der Waals surface area (Å²) >= 11 is 0. The van der Waals surface area contributed by atoms with Crippen LogP contribution in [-0.4, -0.2) is 187 Å². The van der Waals surface area contributed by atoms with Gasteiger partial charge in [-0.05, 0) is 85.2 Å². The van der Waals surface area contributed by atoms with Crippen molar-refractivity contribution >= 4 is 30.2 Å². The van der Waals surface area contributed by atoms with E-state index < -0.39 is 140 Å². The molecule has 2 saturated heterocycles. The number of methoxy groups -OCH3 is 1. The molecule has 3 aliphatic rings. The lowest BCUT2D eigenvalue weighted by Gasteiger charge is -2.50. The molecule has 0 aliphatic carbocycles. The van der Waals surface area contributed by atoms with Crippen molar-refractivity contribution in [3.8, 4) is 0 Å². The summed E-state index contributed by atoms with van der Waals surface area (Å²) in [4.78, 5) is 68.5. The van der Waals surface area contributed by atoms with Gasteiger partial charge in [0.05, 0.1) is 42.9 Å². The van der Waals surface area contributed by atoms with Gasteiger partial charge in [0.25, 0.3) is 0 Å². The summed E-state index contributed by atoms with van der Waals surface area (Å²) in [6.45, 7) is 13.5. The van der Waals surface area contributed by atoms with Crippen LogP contribution in [0.3, 0.4) is 0 Å². The summed E-state index contributed by atoms with van der Waals surface area (Å²) < 4.78 is 55.3. The van der Waals surface area contributed by atoms with Crippen molar-refractivity contribution in [3.63, 3.8) is 0 Å². The highest BCUT2D eigenvalue weighted by Crippen LogP contribution is 2.38. The lowest BCUT2D eigenvalue weighted by molar-refractivity contribution is -0.344. The fourth-order valence-corrected chi connectivity index (χ4v) is 10.0. The van der Waals surface area contributed by atoms with E-state index in [2.05, 4.69) is 0 Å². The normalized spacial score (nSPS) is 37.1. The molecule has 0 unspecified atom stereocenters. The Morgan fingerprint density at radius 3 is 2.13 bits per heavy atom. The van der Waals surface area contributed by atoms with Crippen molar-refractivity contribution in [2.24, 2.45) is 11.8 Å². The Hall–Kier alpha value is -3.89. The van der Waals surface area contributed by atoms with Gasteiger partial charge in [-0.1, -0.05) is 57.2 Å². The van der Waals surface area contributed by atoms with Crippen molar-refractivity contribution in [2.75, 3.05) is 34.8 Å². The average molecular weight is 1010 g/mol. The zero-order chi connectivity index (χ0) is 52.7. The molecule has 0 bridgehead atoms. The Balaban J connectivity index is 1.76. The molecule has 19 nitrogen and oxygen atoms in total. The largest absolute Gasteiger partial charge is 0.462 e. The van der Waals surface area contributed by atoms with Gasteiger partial charge in [0.1, 0.15) is 48.5 Å². The Kier molecular flexibility index (Phi) is 23.5. The van der Waals surface area contributed by atoms with E-state index in [0.29, 0.717) is 19.3 Å². The Morgan fingerprint density at radius 2 is 1.54 bits per heavy atom. The lowest BCUT2D eigenvalue weighted by atomic mass is 9.82. The smallest absolute Gasteiger partial charge is 0.309 e. The summed E-state index contributed by atoms with van der Waals surface area (Å²) in [5.41, 5.74) is -0.426. The molecule has 1 aromatic carbocycles. The summed E-state index contributed by atoms with van der Waals surface area (Å²) in [5.74, 6) is -3.80. The molecule has 3 aliphatic heterocycles. The predicted molar refractivity (Wildman–Crippen MR) is 258 cm³/mol. The molecule has 0 saturated carbocycles. The monoisotopic (exact) mass is 1010 g/mol. The van der Waals surface area contributed by atoms with Gasteiger partial charge in [0.2, 0.25) is 0 Å². The number of aliphatic hydroxyl groups excluding tert-OH is 2. The molecular formula is C52H82N2O17. The Labute approximate surface area is 419 Å². The van der Waals surface area contributed by atoms with E-state index in [1.54, 1.807) is 72.7 Å². The first-order valence-corrected chi connectivity index (χ1v) is 25.0. The van der Waals surface area contributed by atoms with Crippen LogP contribution in [0, 0.1) is 11.8 Å². The van der Waals surface area contributed by atoms with Crippen LogP contribution in [0.25, 0.3) is 0 Å². The Morgan fingerprint density at radius 1 is 0.873 bits per heavy atom. The molecule has 0 amide bonds. The molecule has 1 aromatic rings. The van der Waals surface area contributed by atoms with Gasteiger partial charge in [0, 0.05) is 52.7 Å². The number of likely N-dealkylation sites (N-methyl/N-ethyl adjacent to an activating group) is 2. The van der Waals surface area contributed by atoms with Crippen LogP contribution in [0.1, 0.15) is 106 Å². The van der Waals surface area contributed by atoms with E-state index in [4.69, 9.17) is 42.6 Å². The predicted octanol–water partition coefficient (Wildman–Crippen LogP) is 3.69. The number of nitrogens with zero attached hydrogens (tertiary/aromatic N) is 2. The molecule has 18 atom stereocenters. The molecule has 4 rings (SSSR count). The highest BCUT2D eigenvalue weighted by molar-refractivity contribution is 5.73. The zero-order valence-electron chi connectivity index (χ0n) is 43.7. The molecule has 2 fully saturated rings. The van der Waals surface area contributed by atoms with E-state index >= 15 is 0 Å². The Bertz CT molecular complexity index is 1870. The van der Waals surface area contributed by atoms with Crippen LogP contribution in [-0.2, 0) is 73.0 Å². The van der Waals surface area contributed by atoms with Crippen molar-refractivity contribution < 1.29 is 81.9 Å². The molecule has 0 radical (unpaired) electrons. The van der Waals surface area contributed by atoms with E-state index in [1.165, 1.54) is 14.0 Å². The third-order valence-corrected chi connectivity index (χ3v) is 13.7. The maximum atomic E-state index is 13.9. The number of carbonyl (C=O) groups is 5. The lowest BCUT2D eigenvalue weighted by Crippen LogP contribution is -2.66. The van der Waals surface area contributed by atoms with Crippen LogP contribution in [0.5, 0.6) is 0 Å². The number of aldehydes is 1. The average Bonchev–Trinajstić information content (AvgIpc) is 3.29. The standard InChI is InChI=1S/C52H82N2O17/c1-13-41(58)68-40-28-43(60)64-31(4)27-38(57)37(54(11)24-22-35-18-16-15-17-19-35)20-21-39(67-34(7)56)30(3)26-36(23-25-55)48(49(40)63-12)71-51-46(61)45(53(9)10)47(32(5)66-51)70-44-29-52(8,62)50(33(6)65-44)69-42(59)14-2/h15-21,25,30-33,36-40,44-51,57,61-62H,13-14,22-24,26-29H2,1-12H3/b21-20+/t30-,31-,32-,33+,36+,37-,38+,39+,40-,44+,45-,46-,47-,48+,49+,50+,51+,52-/m1/s1. The molecule has 3 heterocycles. The molecule has 71 heavy (non-hydrogen) atoms.